The molecule has 0 saturated carbocycles. The summed E-state index contributed by atoms with van der Waals surface area (Å²) < 4.78 is 2.18. The van der Waals surface area contributed by atoms with Crippen molar-refractivity contribution in [3.63, 3.8) is 0 Å². The number of fused-ring (bicyclic) bond motifs is 2. The molecule has 0 unspecified atom stereocenters. The standard InChI is InChI=1S/C30H32N6O2/c1-34(2)29(37)20-4-7-23(8-5-20)30(38)11-14-36(15-12-30)19-24-17-26-25(10-13-31-28(26)35(24)3)21-6-9-27-22(16-21)18-32-33-27/h4-10,13,16-18,38H,11-12,14-15,19H2,1-3H3,(H,32,33). The molecule has 0 spiro atoms. The Bertz CT molecular complexity index is 1620. The number of aromatic amines is 1. The van der Waals surface area contributed by atoms with Crippen molar-refractivity contribution in [2.24, 2.45) is 7.05 Å². The highest BCUT2D eigenvalue weighted by Gasteiger charge is 2.34. The smallest absolute Gasteiger partial charge is 0.253 e. The van der Waals surface area contributed by atoms with Crippen molar-refractivity contribution < 1.29 is 9.90 Å². The van der Waals surface area contributed by atoms with Gasteiger partial charge in [-0.25, -0.2) is 4.98 Å². The second kappa shape index (κ2) is 9.38. The third kappa shape index (κ3) is 4.25. The van der Waals surface area contributed by atoms with Gasteiger partial charge in [-0.05, 0) is 65.9 Å². The van der Waals surface area contributed by atoms with Crippen molar-refractivity contribution in [2.75, 3.05) is 27.2 Å². The molecule has 6 rings (SSSR count). The van der Waals surface area contributed by atoms with Gasteiger partial charge in [-0.15, -0.1) is 0 Å². The molecular weight excluding hydrogens is 476 g/mol. The molecule has 4 heterocycles. The average Bonchev–Trinajstić information content (AvgIpc) is 3.53. The number of piperidine rings is 1. The number of nitrogens with one attached hydrogen (secondary N) is 1. The topological polar surface area (TPSA) is 90.3 Å². The van der Waals surface area contributed by atoms with E-state index in [0.717, 1.165) is 58.3 Å². The fourth-order valence-corrected chi connectivity index (χ4v) is 5.56. The fourth-order valence-electron chi connectivity index (χ4n) is 5.56. The number of rotatable bonds is 5. The summed E-state index contributed by atoms with van der Waals surface area (Å²) in [5, 5.41) is 20.8. The van der Waals surface area contributed by atoms with E-state index >= 15 is 0 Å². The van der Waals surface area contributed by atoms with E-state index in [-0.39, 0.29) is 5.91 Å². The number of pyridine rings is 1. The molecule has 8 nitrogen and oxygen atoms in total. The summed E-state index contributed by atoms with van der Waals surface area (Å²) in [4.78, 5) is 20.8. The number of amides is 1. The highest BCUT2D eigenvalue weighted by Crippen LogP contribution is 2.35. The molecule has 8 heteroatoms. The number of hydrogen-bond acceptors (Lipinski definition) is 5. The maximum absolute atomic E-state index is 12.2. The van der Waals surface area contributed by atoms with E-state index in [2.05, 4.69) is 62.0 Å². The van der Waals surface area contributed by atoms with Crippen molar-refractivity contribution in [1.29, 1.82) is 0 Å². The number of aromatic nitrogens is 4. The van der Waals surface area contributed by atoms with Crippen LogP contribution in [0.1, 0.15) is 34.5 Å². The largest absolute Gasteiger partial charge is 0.385 e. The van der Waals surface area contributed by atoms with Crippen LogP contribution in [0, 0.1) is 0 Å². The summed E-state index contributed by atoms with van der Waals surface area (Å²) >= 11 is 0. The molecule has 3 aromatic heterocycles. The number of nitrogens with zero attached hydrogens (tertiary/aromatic N) is 5. The van der Waals surface area contributed by atoms with E-state index in [0.29, 0.717) is 18.4 Å². The first-order valence-corrected chi connectivity index (χ1v) is 13.0. The predicted molar refractivity (Wildman–Crippen MR) is 149 cm³/mol. The first-order chi connectivity index (χ1) is 18.3. The first-order valence-electron chi connectivity index (χ1n) is 13.0. The van der Waals surface area contributed by atoms with Crippen LogP contribution >= 0.6 is 0 Å². The maximum atomic E-state index is 12.2. The van der Waals surface area contributed by atoms with Gasteiger partial charge in [0.2, 0.25) is 0 Å². The van der Waals surface area contributed by atoms with E-state index in [4.69, 9.17) is 0 Å². The van der Waals surface area contributed by atoms with Crippen molar-refractivity contribution in [3.05, 3.63) is 83.8 Å². The number of benzene rings is 2. The quantitative estimate of drug-likeness (QED) is 0.369. The second-order valence-corrected chi connectivity index (χ2v) is 10.5. The molecule has 0 aliphatic carbocycles. The zero-order chi connectivity index (χ0) is 26.4. The lowest BCUT2D eigenvalue weighted by molar-refractivity contribution is -0.0281. The number of hydrogen-bond donors (Lipinski definition) is 2. The van der Waals surface area contributed by atoms with Crippen LogP contribution < -0.4 is 0 Å². The molecule has 1 amide bonds. The van der Waals surface area contributed by atoms with Gasteiger partial charge in [-0.1, -0.05) is 18.2 Å². The zero-order valence-electron chi connectivity index (χ0n) is 22.0. The molecule has 1 aliphatic heterocycles. The Kier molecular flexibility index (Phi) is 6.01. The molecule has 38 heavy (non-hydrogen) atoms. The summed E-state index contributed by atoms with van der Waals surface area (Å²) in [7, 11) is 5.56. The van der Waals surface area contributed by atoms with E-state index in [1.165, 1.54) is 5.69 Å². The van der Waals surface area contributed by atoms with E-state index < -0.39 is 5.60 Å². The molecule has 5 aromatic rings. The van der Waals surface area contributed by atoms with Gasteiger partial charge in [0.15, 0.2) is 0 Å². The average molecular weight is 509 g/mol. The Balaban J connectivity index is 1.19. The molecule has 2 N–H and O–H groups in total. The summed E-state index contributed by atoms with van der Waals surface area (Å²) in [5.74, 6) is -0.0343. The SMILES string of the molecule is CN(C)C(=O)c1ccc(C2(O)CCN(Cc3cc4c(-c5ccc6[nH]ncc6c5)ccnc4n3C)CC2)cc1. The van der Waals surface area contributed by atoms with Gasteiger partial charge < -0.3 is 14.6 Å². The number of likely N-dealkylation sites (tertiary alicyclic amines) is 1. The molecular formula is C30H32N6O2. The third-order valence-electron chi connectivity index (χ3n) is 7.92. The lowest BCUT2D eigenvalue weighted by Gasteiger charge is -2.38. The van der Waals surface area contributed by atoms with Gasteiger partial charge >= 0.3 is 0 Å². The number of aryl methyl sites for hydroxylation is 1. The van der Waals surface area contributed by atoms with Gasteiger partial charge in [-0.2, -0.15) is 5.10 Å². The van der Waals surface area contributed by atoms with Gasteiger partial charge in [0, 0.05) is 69.0 Å². The molecule has 2 aromatic carbocycles. The minimum Gasteiger partial charge on any atom is -0.385 e. The monoisotopic (exact) mass is 508 g/mol. The van der Waals surface area contributed by atoms with Gasteiger partial charge in [0.25, 0.3) is 5.91 Å². The normalized spacial score (nSPS) is 15.8. The van der Waals surface area contributed by atoms with Crippen LogP contribution in [0.25, 0.3) is 33.1 Å². The van der Waals surface area contributed by atoms with Crippen LogP contribution in [0.4, 0.5) is 0 Å². The lowest BCUT2D eigenvalue weighted by atomic mass is 9.84. The Hall–Kier alpha value is -4.01. The highest BCUT2D eigenvalue weighted by molar-refractivity contribution is 5.96. The Morgan fingerprint density at radius 1 is 1.08 bits per heavy atom. The van der Waals surface area contributed by atoms with Gasteiger partial charge in [0.1, 0.15) is 5.65 Å². The van der Waals surface area contributed by atoms with Gasteiger partial charge in [0.05, 0.1) is 17.3 Å². The lowest BCUT2D eigenvalue weighted by Crippen LogP contribution is -2.42. The number of H-pyrrole nitrogens is 1. The Morgan fingerprint density at radius 2 is 1.84 bits per heavy atom. The fraction of sp³-hybridized carbons (Fsp3) is 0.300. The van der Waals surface area contributed by atoms with Crippen LogP contribution in [0.5, 0.6) is 0 Å². The van der Waals surface area contributed by atoms with Gasteiger partial charge in [-0.3, -0.25) is 14.8 Å². The highest BCUT2D eigenvalue weighted by atomic mass is 16.3. The van der Waals surface area contributed by atoms with Crippen LogP contribution in [0.15, 0.2) is 67.0 Å². The van der Waals surface area contributed by atoms with Crippen molar-refractivity contribution >= 4 is 27.8 Å². The summed E-state index contributed by atoms with van der Waals surface area (Å²) in [6, 6.07) is 18.1. The van der Waals surface area contributed by atoms with Crippen LogP contribution in [-0.2, 0) is 19.2 Å². The van der Waals surface area contributed by atoms with E-state index in [1.54, 1.807) is 19.0 Å². The third-order valence-corrected chi connectivity index (χ3v) is 7.92. The van der Waals surface area contributed by atoms with Crippen molar-refractivity contribution in [3.8, 4) is 11.1 Å². The molecule has 194 valence electrons. The molecule has 1 aliphatic rings. The summed E-state index contributed by atoms with van der Waals surface area (Å²) in [6.07, 6.45) is 5.01. The van der Waals surface area contributed by atoms with Crippen molar-refractivity contribution in [2.45, 2.75) is 25.0 Å². The molecule has 1 saturated heterocycles. The van der Waals surface area contributed by atoms with Crippen LogP contribution in [0.3, 0.4) is 0 Å². The maximum Gasteiger partial charge on any atom is 0.253 e. The number of aliphatic hydroxyl groups is 1. The summed E-state index contributed by atoms with van der Waals surface area (Å²) in [6.45, 7) is 2.36. The van der Waals surface area contributed by atoms with Crippen molar-refractivity contribution in [1.82, 2.24) is 29.5 Å². The van der Waals surface area contributed by atoms with Crippen LogP contribution in [-0.4, -0.2) is 67.7 Å². The minimum atomic E-state index is -0.879. The predicted octanol–water partition coefficient (Wildman–Crippen LogP) is 4.30. The first kappa shape index (κ1) is 24.3. The summed E-state index contributed by atoms with van der Waals surface area (Å²) in [5.41, 5.74) is 6.11. The molecule has 0 bridgehead atoms. The van der Waals surface area contributed by atoms with Crippen LogP contribution in [0.2, 0.25) is 0 Å². The Labute approximate surface area is 221 Å². The number of carbonyl (C=O) groups is 1. The van der Waals surface area contributed by atoms with E-state index in [1.807, 2.05) is 36.7 Å². The van der Waals surface area contributed by atoms with E-state index in [9.17, 15) is 9.90 Å². The second-order valence-electron chi connectivity index (χ2n) is 10.5. The number of carbonyl (C=O) groups excluding carboxylic acids is 1. The minimum absolute atomic E-state index is 0.0343. The molecule has 0 radical (unpaired) electrons. The Morgan fingerprint density at radius 3 is 2.58 bits per heavy atom. The molecule has 0 atom stereocenters. The molecule has 1 fully saturated rings. The zero-order valence-corrected chi connectivity index (χ0v) is 22.0.